The van der Waals surface area contributed by atoms with Crippen LogP contribution in [-0.4, -0.2) is 69.8 Å². The predicted octanol–water partition coefficient (Wildman–Crippen LogP) is 3.06. The number of ether oxygens (including phenoxy) is 3. The largest absolute Gasteiger partial charge is 0.491 e. The van der Waals surface area contributed by atoms with Gasteiger partial charge < -0.3 is 30.0 Å². The van der Waals surface area contributed by atoms with E-state index in [9.17, 15) is 18.3 Å². The van der Waals surface area contributed by atoms with E-state index in [1.54, 1.807) is 0 Å². The van der Waals surface area contributed by atoms with Crippen molar-refractivity contribution in [2.75, 3.05) is 52.7 Å². The second kappa shape index (κ2) is 15.5. The Morgan fingerprint density at radius 1 is 1.34 bits per heavy atom. The van der Waals surface area contributed by atoms with Gasteiger partial charge in [0.1, 0.15) is 18.5 Å². The highest BCUT2D eigenvalue weighted by molar-refractivity contribution is 14.0. The number of hydrogen-bond donors (Lipinski definition) is 3. The monoisotopic (exact) mass is 575 g/mol. The third-order valence-electron chi connectivity index (χ3n) is 4.54. The summed E-state index contributed by atoms with van der Waals surface area (Å²) < 4.78 is 54.5. The minimum atomic E-state index is -4.44. The molecule has 3 N–H and O–H groups in total. The molecule has 184 valence electrons. The first-order chi connectivity index (χ1) is 14.9. The number of nitrogens with zero attached hydrogens (tertiary/aromatic N) is 1. The molecule has 1 heterocycles. The summed E-state index contributed by atoms with van der Waals surface area (Å²) in [4.78, 5) is 4.29. The van der Waals surface area contributed by atoms with Crippen molar-refractivity contribution in [3.63, 3.8) is 0 Å². The van der Waals surface area contributed by atoms with Crippen LogP contribution in [0.15, 0.2) is 29.3 Å². The zero-order chi connectivity index (χ0) is 22.5. The van der Waals surface area contributed by atoms with Crippen molar-refractivity contribution in [1.82, 2.24) is 10.6 Å². The summed E-state index contributed by atoms with van der Waals surface area (Å²) in [5, 5.41) is 16.3. The quantitative estimate of drug-likeness (QED) is 0.154. The molecule has 0 spiro atoms. The third kappa shape index (κ3) is 11.5. The van der Waals surface area contributed by atoms with E-state index in [-0.39, 0.29) is 42.9 Å². The van der Waals surface area contributed by atoms with Crippen LogP contribution in [-0.2, 0) is 15.7 Å². The van der Waals surface area contributed by atoms with E-state index in [4.69, 9.17) is 14.2 Å². The van der Waals surface area contributed by atoms with Crippen LogP contribution < -0.4 is 15.4 Å². The summed E-state index contributed by atoms with van der Waals surface area (Å²) in [6, 6.07) is 4.55. The van der Waals surface area contributed by atoms with Crippen molar-refractivity contribution in [3.8, 4) is 5.75 Å². The highest BCUT2D eigenvalue weighted by Crippen LogP contribution is 2.31. The van der Waals surface area contributed by atoms with Gasteiger partial charge in [-0.25, -0.2) is 0 Å². The van der Waals surface area contributed by atoms with Gasteiger partial charge in [-0.1, -0.05) is 6.07 Å². The van der Waals surface area contributed by atoms with E-state index in [2.05, 4.69) is 15.6 Å². The highest BCUT2D eigenvalue weighted by Gasteiger charge is 2.30. The van der Waals surface area contributed by atoms with Gasteiger partial charge in [-0.3, -0.25) is 4.99 Å². The SMILES string of the molecule is CCNC(=NCC(O)COc1cccc(C(F)(F)F)c1)NCCCOCC1CCOC1.I. The normalized spacial score (nSPS) is 17.5. The van der Waals surface area contributed by atoms with E-state index in [0.29, 0.717) is 38.2 Å². The Labute approximate surface area is 204 Å². The Kier molecular flexibility index (Phi) is 13.9. The third-order valence-corrected chi connectivity index (χ3v) is 4.54. The summed E-state index contributed by atoms with van der Waals surface area (Å²) in [7, 11) is 0. The Morgan fingerprint density at radius 2 is 2.16 bits per heavy atom. The van der Waals surface area contributed by atoms with E-state index >= 15 is 0 Å². The van der Waals surface area contributed by atoms with Gasteiger partial charge in [0, 0.05) is 32.2 Å². The fourth-order valence-corrected chi connectivity index (χ4v) is 2.89. The summed E-state index contributed by atoms with van der Waals surface area (Å²) >= 11 is 0. The first kappa shape index (κ1) is 28.7. The van der Waals surface area contributed by atoms with Crippen molar-refractivity contribution < 1.29 is 32.5 Å². The van der Waals surface area contributed by atoms with Gasteiger partial charge >= 0.3 is 6.18 Å². The lowest BCUT2D eigenvalue weighted by atomic mass is 10.1. The molecule has 1 saturated heterocycles. The second-order valence-electron chi connectivity index (χ2n) is 7.29. The lowest BCUT2D eigenvalue weighted by molar-refractivity contribution is -0.137. The molecule has 0 saturated carbocycles. The van der Waals surface area contributed by atoms with Crippen LogP contribution in [0.5, 0.6) is 5.75 Å². The molecule has 0 radical (unpaired) electrons. The maximum Gasteiger partial charge on any atom is 0.416 e. The predicted molar refractivity (Wildman–Crippen MR) is 127 cm³/mol. The number of alkyl halides is 3. The summed E-state index contributed by atoms with van der Waals surface area (Å²) in [5.74, 6) is 1.09. The molecule has 2 rings (SSSR count). The number of hydrogen-bond acceptors (Lipinski definition) is 5. The van der Waals surface area contributed by atoms with Crippen molar-refractivity contribution in [2.24, 2.45) is 10.9 Å². The molecular weight excluding hydrogens is 542 g/mol. The lowest BCUT2D eigenvalue weighted by Gasteiger charge is -2.15. The van der Waals surface area contributed by atoms with Crippen LogP contribution in [0.25, 0.3) is 0 Å². The Morgan fingerprint density at radius 3 is 2.84 bits per heavy atom. The number of aliphatic hydroxyl groups is 1. The number of aliphatic imine (C=N–C) groups is 1. The Balaban J connectivity index is 0.00000512. The molecule has 7 nitrogen and oxygen atoms in total. The number of nitrogens with one attached hydrogen (secondary N) is 2. The maximum atomic E-state index is 12.7. The Bertz CT molecular complexity index is 674. The molecule has 32 heavy (non-hydrogen) atoms. The molecule has 0 aliphatic carbocycles. The van der Waals surface area contributed by atoms with Gasteiger partial charge in [0.15, 0.2) is 5.96 Å². The zero-order valence-electron chi connectivity index (χ0n) is 18.2. The molecule has 1 aliphatic heterocycles. The van der Waals surface area contributed by atoms with Crippen LogP contribution in [0, 0.1) is 5.92 Å². The highest BCUT2D eigenvalue weighted by atomic mass is 127. The van der Waals surface area contributed by atoms with Crippen LogP contribution in [0.4, 0.5) is 13.2 Å². The molecule has 1 aromatic carbocycles. The number of guanidine groups is 1. The summed E-state index contributed by atoms with van der Waals surface area (Å²) in [6.07, 6.45) is -3.54. The molecular formula is C21H33F3IN3O4. The van der Waals surface area contributed by atoms with Gasteiger partial charge in [-0.2, -0.15) is 13.2 Å². The maximum absolute atomic E-state index is 12.7. The second-order valence-corrected chi connectivity index (χ2v) is 7.29. The average Bonchev–Trinajstić information content (AvgIpc) is 3.26. The van der Waals surface area contributed by atoms with E-state index < -0.39 is 17.8 Å². The van der Waals surface area contributed by atoms with Crippen LogP contribution >= 0.6 is 24.0 Å². The minimum absolute atomic E-state index is 0. The van der Waals surface area contributed by atoms with Gasteiger partial charge in [0.05, 0.1) is 25.3 Å². The average molecular weight is 575 g/mol. The molecule has 1 aromatic rings. The van der Waals surface area contributed by atoms with E-state index in [1.165, 1.54) is 12.1 Å². The minimum Gasteiger partial charge on any atom is -0.491 e. The first-order valence-corrected chi connectivity index (χ1v) is 10.5. The molecule has 0 bridgehead atoms. The molecule has 0 amide bonds. The first-order valence-electron chi connectivity index (χ1n) is 10.5. The standard InChI is InChI=1S/C21H32F3N3O4.HI/c1-2-25-20(26-8-4-9-29-13-16-7-10-30-14-16)27-12-18(28)15-31-19-6-3-5-17(11-19)21(22,23)24;/h3,5-6,11,16,18,28H,2,4,7-10,12-15H2,1H3,(H2,25,26,27);1H. The van der Waals surface area contributed by atoms with Crippen molar-refractivity contribution in [3.05, 3.63) is 29.8 Å². The van der Waals surface area contributed by atoms with Crippen LogP contribution in [0.3, 0.4) is 0 Å². The molecule has 2 atom stereocenters. The zero-order valence-corrected chi connectivity index (χ0v) is 20.5. The Hall–Kier alpha value is -1.31. The van der Waals surface area contributed by atoms with Crippen molar-refractivity contribution in [1.29, 1.82) is 0 Å². The van der Waals surface area contributed by atoms with E-state index in [1.807, 2.05) is 6.92 Å². The van der Waals surface area contributed by atoms with Gasteiger partial charge in [0.2, 0.25) is 0 Å². The molecule has 1 fully saturated rings. The molecule has 11 heteroatoms. The van der Waals surface area contributed by atoms with Gasteiger partial charge in [-0.05, 0) is 38.0 Å². The summed E-state index contributed by atoms with van der Waals surface area (Å²) in [5.41, 5.74) is -0.795. The molecule has 2 unspecified atom stereocenters. The number of aliphatic hydroxyl groups excluding tert-OH is 1. The van der Waals surface area contributed by atoms with Crippen molar-refractivity contribution >= 4 is 29.9 Å². The number of benzene rings is 1. The van der Waals surface area contributed by atoms with Gasteiger partial charge in [0.25, 0.3) is 0 Å². The molecule has 1 aliphatic rings. The smallest absolute Gasteiger partial charge is 0.416 e. The fraction of sp³-hybridized carbons (Fsp3) is 0.667. The number of rotatable bonds is 12. The van der Waals surface area contributed by atoms with Crippen LogP contribution in [0.1, 0.15) is 25.3 Å². The van der Waals surface area contributed by atoms with Crippen molar-refractivity contribution in [2.45, 2.75) is 32.0 Å². The van der Waals surface area contributed by atoms with E-state index in [0.717, 1.165) is 38.2 Å². The fourth-order valence-electron chi connectivity index (χ4n) is 2.89. The van der Waals surface area contributed by atoms with Crippen LogP contribution in [0.2, 0.25) is 0 Å². The number of halogens is 4. The molecule has 0 aromatic heterocycles. The summed E-state index contributed by atoms with van der Waals surface area (Å²) in [6.45, 7) is 6.06. The lowest BCUT2D eigenvalue weighted by Crippen LogP contribution is -2.39. The topological polar surface area (TPSA) is 84.3 Å². The van der Waals surface area contributed by atoms with Gasteiger partial charge in [-0.15, -0.1) is 24.0 Å².